The van der Waals surface area contributed by atoms with Crippen LogP contribution in [0.3, 0.4) is 0 Å². The van der Waals surface area contributed by atoms with Gasteiger partial charge in [0.15, 0.2) is 0 Å². The highest BCUT2D eigenvalue weighted by molar-refractivity contribution is 5.85. The number of allylic oxidation sites excluding steroid dienone is 1. The van der Waals surface area contributed by atoms with Crippen LogP contribution in [-0.4, -0.2) is 5.94 Å². The monoisotopic (exact) mass is 92.0 g/mol. The van der Waals surface area contributed by atoms with Gasteiger partial charge < -0.3 is 0 Å². The van der Waals surface area contributed by atoms with Crippen molar-refractivity contribution in [3.63, 3.8) is 0 Å². The highest BCUT2D eigenvalue weighted by Gasteiger charge is 1.31. The van der Waals surface area contributed by atoms with Crippen LogP contribution in [0.1, 0.15) is 6.92 Å². The van der Waals surface area contributed by atoms with Crippen molar-refractivity contribution in [3.05, 3.63) is 6.08 Å². The highest BCUT2D eigenvalue weighted by Crippen LogP contribution is 1.36. The van der Waals surface area contributed by atoms with Gasteiger partial charge in [-0.25, -0.2) is 4.79 Å². The number of rotatable bonds is 0. The van der Waals surface area contributed by atoms with Crippen LogP contribution in [0.4, 0.5) is 0 Å². The van der Waals surface area contributed by atoms with Crippen LogP contribution in [0.5, 0.6) is 0 Å². The Morgan fingerprint density at radius 3 is 2.00 bits per heavy atom. The van der Waals surface area contributed by atoms with Gasteiger partial charge in [0.05, 0.1) is 0 Å². The van der Waals surface area contributed by atoms with E-state index in [1.165, 1.54) is 6.08 Å². The fourth-order valence-electron chi connectivity index (χ4n) is 0. The molecule has 0 aromatic carbocycles. The van der Waals surface area contributed by atoms with E-state index in [4.69, 9.17) is 4.79 Å². The number of halogens is 1. The molecule has 0 saturated heterocycles. The maximum atomic E-state index is 8.99. The van der Waals surface area contributed by atoms with Gasteiger partial charge in [-0.1, -0.05) is 0 Å². The van der Waals surface area contributed by atoms with Gasteiger partial charge in [-0.15, -0.1) is 12.4 Å². The molecule has 0 aromatic heterocycles. The second kappa shape index (κ2) is 9.27. The van der Waals surface area contributed by atoms with Gasteiger partial charge in [-0.2, -0.15) is 0 Å². The van der Waals surface area contributed by atoms with Gasteiger partial charge >= 0.3 is 0 Å². The fourth-order valence-corrected chi connectivity index (χ4v) is 0. The van der Waals surface area contributed by atoms with E-state index in [2.05, 4.69) is 0 Å². The smallest absolute Gasteiger partial charge is 0.119 e. The molecule has 0 aliphatic carbocycles. The molecule has 0 N–H and O–H groups in total. The molecule has 0 aliphatic rings. The third-order valence-corrected chi connectivity index (χ3v) is 0.118. The van der Waals surface area contributed by atoms with Crippen LogP contribution in [0.15, 0.2) is 6.08 Å². The van der Waals surface area contributed by atoms with Gasteiger partial charge in [0.1, 0.15) is 5.94 Å². The zero-order valence-corrected chi connectivity index (χ0v) is 3.71. The van der Waals surface area contributed by atoms with E-state index in [9.17, 15) is 0 Å². The van der Waals surface area contributed by atoms with Gasteiger partial charge in [0.25, 0.3) is 0 Å². The van der Waals surface area contributed by atoms with E-state index in [1.807, 2.05) is 0 Å². The van der Waals surface area contributed by atoms with Crippen molar-refractivity contribution in [1.29, 1.82) is 0 Å². The van der Waals surface area contributed by atoms with Crippen molar-refractivity contribution >= 4 is 18.3 Å². The third kappa shape index (κ3) is 20.7. The normalized spacial score (nSPS) is 3.40. The molecule has 0 saturated carbocycles. The van der Waals surface area contributed by atoms with Crippen LogP contribution in [0.2, 0.25) is 0 Å². The van der Waals surface area contributed by atoms with Gasteiger partial charge in [-0.3, -0.25) is 0 Å². The SMILES string of the molecule is CC=C=O.Cl. The van der Waals surface area contributed by atoms with Crippen molar-refractivity contribution in [2.75, 3.05) is 0 Å². The molecule has 0 unspecified atom stereocenters. The first-order valence-corrected chi connectivity index (χ1v) is 1.07. The van der Waals surface area contributed by atoms with Crippen LogP contribution < -0.4 is 0 Å². The maximum Gasteiger partial charge on any atom is 0.119 e. The molecule has 0 aliphatic heterocycles. The lowest BCUT2D eigenvalue weighted by atomic mass is 10.8. The summed E-state index contributed by atoms with van der Waals surface area (Å²) in [5.74, 6) is 1.56. The topological polar surface area (TPSA) is 17.1 Å². The molecule has 0 rings (SSSR count). The Labute approximate surface area is 37.1 Å². The Kier molecular flexibility index (Phi) is 16.4. The second-order valence-electron chi connectivity index (χ2n) is 0.407. The molecule has 0 amide bonds. The predicted octanol–water partition coefficient (Wildman–Crippen LogP) is 0.816. The lowest BCUT2D eigenvalue weighted by Crippen LogP contribution is -1.32. The lowest BCUT2D eigenvalue weighted by molar-refractivity contribution is 0.568. The number of carbonyl (C=O) groups excluding carboxylic acids is 1. The first kappa shape index (κ1) is 8.83. The van der Waals surface area contributed by atoms with Crippen molar-refractivity contribution in [3.8, 4) is 0 Å². The van der Waals surface area contributed by atoms with Gasteiger partial charge in [-0.05, 0) is 13.0 Å². The standard InChI is InChI=1S/C3H4O.ClH/c1-2-3-4;/h2H,1H3;1H. The summed E-state index contributed by atoms with van der Waals surface area (Å²) < 4.78 is 0. The van der Waals surface area contributed by atoms with Crippen LogP contribution in [-0.2, 0) is 4.79 Å². The second-order valence-corrected chi connectivity index (χ2v) is 0.407. The van der Waals surface area contributed by atoms with Gasteiger partial charge in [0.2, 0.25) is 0 Å². The van der Waals surface area contributed by atoms with Crippen molar-refractivity contribution in [2.45, 2.75) is 6.92 Å². The summed E-state index contributed by atoms with van der Waals surface area (Å²) >= 11 is 0. The Balaban J connectivity index is 0. The maximum absolute atomic E-state index is 8.99. The summed E-state index contributed by atoms with van der Waals surface area (Å²) in [6.07, 6.45) is 1.32. The minimum absolute atomic E-state index is 0. The van der Waals surface area contributed by atoms with Crippen molar-refractivity contribution in [2.24, 2.45) is 0 Å². The number of hydrogen-bond donors (Lipinski definition) is 0. The molecule has 30 valence electrons. The van der Waals surface area contributed by atoms with E-state index in [0.29, 0.717) is 0 Å². The molecular weight excluding hydrogens is 87.5 g/mol. The minimum atomic E-state index is 0. The van der Waals surface area contributed by atoms with E-state index >= 15 is 0 Å². The van der Waals surface area contributed by atoms with Crippen molar-refractivity contribution in [1.82, 2.24) is 0 Å². The Hall–Kier alpha value is -0.260. The first-order valence-electron chi connectivity index (χ1n) is 1.07. The summed E-state index contributed by atoms with van der Waals surface area (Å²) in [6.45, 7) is 1.63. The first-order chi connectivity index (χ1) is 1.91. The molecule has 0 aromatic rings. The summed E-state index contributed by atoms with van der Waals surface area (Å²) in [4.78, 5) is 8.99. The molecule has 0 radical (unpaired) electrons. The summed E-state index contributed by atoms with van der Waals surface area (Å²) in [6, 6.07) is 0. The Morgan fingerprint density at radius 1 is 1.80 bits per heavy atom. The van der Waals surface area contributed by atoms with E-state index < -0.39 is 0 Å². The Morgan fingerprint density at radius 2 is 2.00 bits per heavy atom. The van der Waals surface area contributed by atoms with E-state index in [0.717, 1.165) is 0 Å². The van der Waals surface area contributed by atoms with Crippen LogP contribution >= 0.6 is 12.4 Å². The van der Waals surface area contributed by atoms with E-state index in [1.54, 1.807) is 12.9 Å². The quantitative estimate of drug-likeness (QED) is 0.404. The molecule has 0 fully saturated rings. The van der Waals surface area contributed by atoms with Crippen LogP contribution in [0.25, 0.3) is 0 Å². The molecule has 5 heavy (non-hydrogen) atoms. The average Bonchev–Trinajstić information content (AvgIpc) is 1.37. The van der Waals surface area contributed by atoms with E-state index in [-0.39, 0.29) is 12.4 Å². The van der Waals surface area contributed by atoms with Crippen LogP contribution in [0, 0.1) is 0 Å². The molecule has 0 spiro atoms. The minimum Gasteiger partial charge on any atom is -0.234 e. The molecule has 0 atom stereocenters. The summed E-state index contributed by atoms with van der Waals surface area (Å²) in [7, 11) is 0. The zero-order valence-electron chi connectivity index (χ0n) is 2.89. The Bertz CT molecular complexity index is 44.9. The molecule has 0 bridgehead atoms. The third-order valence-electron chi connectivity index (χ3n) is 0.118. The number of hydrogen-bond acceptors (Lipinski definition) is 1. The molecule has 1 nitrogen and oxygen atoms in total. The zero-order chi connectivity index (χ0) is 3.41. The molecule has 0 heterocycles. The highest BCUT2D eigenvalue weighted by atomic mass is 35.5. The van der Waals surface area contributed by atoms with Crippen molar-refractivity contribution < 1.29 is 4.79 Å². The predicted molar refractivity (Wildman–Crippen MR) is 23.2 cm³/mol. The largest absolute Gasteiger partial charge is 0.234 e. The van der Waals surface area contributed by atoms with Gasteiger partial charge in [0, 0.05) is 0 Å². The summed E-state index contributed by atoms with van der Waals surface area (Å²) in [5, 5.41) is 0. The molecule has 2 heteroatoms. The molecular formula is C3H5ClO. The summed E-state index contributed by atoms with van der Waals surface area (Å²) in [5.41, 5.74) is 0. The average molecular weight is 92.5 g/mol. The lowest BCUT2D eigenvalue weighted by Gasteiger charge is -1.31. The fraction of sp³-hybridized carbons (Fsp3) is 0.333.